The first-order chi connectivity index (χ1) is 11.3. The fourth-order valence-electron chi connectivity index (χ4n) is 2.74. The lowest BCUT2D eigenvalue weighted by molar-refractivity contribution is -0.137. The Morgan fingerprint density at radius 3 is 2.30 bits per heavy atom. The molecule has 2 aromatic carbocycles. The second kappa shape index (κ2) is 6.97. The first-order valence-corrected chi connectivity index (χ1v) is 7.78. The van der Waals surface area contributed by atoms with Crippen LogP contribution in [0.5, 0.6) is 5.75 Å². The lowest BCUT2D eigenvalue weighted by Gasteiger charge is -2.24. The van der Waals surface area contributed by atoms with Gasteiger partial charge in [-0.1, -0.05) is 30.3 Å². The molecule has 1 aliphatic heterocycles. The molecular weight excluding hydrogens is 288 g/mol. The van der Waals surface area contributed by atoms with Crippen LogP contribution < -0.4 is 4.74 Å². The van der Waals surface area contributed by atoms with Crippen molar-refractivity contribution in [2.75, 3.05) is 13.1 Å². The van der Waals surface area contributed by atoms with Gasteiger partial charge in [-0.25, -0.2) is 0 Å². The maximum absolute atomic E-state index is 12.8. The fourth-order valence-corrected chi connectivity index (χ4v) is 2.74. The lowest BCUT2D eigenvalue weighted by atomic mass is 10.1. The van der Waals surface area contributed by atoms with Crippen molar-refractivity contribution in [2.45, 2.75) is 18.9 Å². The summed E-state index contributed by atoms with van der Waals surface area (Å²) < 4.78 is 5.97. The summed E-state index contributed by atoms with van der Waals surface area (Å²) in [6.45, 7) is 1.58. The highest BCUT2D eigenvalue weighted by atomic mass is 16.5. The van der Waals surface area contributed by atoms with Gasteiger partial charge in [0.25, 0.3) is 5.91 Å². The van der Waals surface area contributed by atoms with Gasteiger partial charge in [-0.3, -0.25) is 4.79 Å². The highest BCUT2D eigenvalue weighted by Gasteiger charge is 2.29. The summed E-state index contributed by atoms with van der Waals surface area (Å²) in [4.78, 5) is 14.7. The van der Waals surface area contributed by atoms with Crippen molar-refractivity contribution in [2.24, 2.45) is 0 Å². The van der Waals surface area contributed by atoms with Crippen LogP contribution >= 0.6 is 0 Å². The minimum atomic E-state index is -0.651. The van der Waals surface area contributed by atoms with Gasteiger partial charge in [-0.2, -0.15) is 5.26 Å². The number of ether oxygens (including phenoxy) is 1. The Bertz CT molecular complexity index is 698. The molecule has 1 heterocycles. The summed E-state index contributed by atoms with van der Waals surface area (Å²) >= 11 is 0. The Hall–Kier alpha value is -2.80. The van der Waals surface area contributed by atoms with Crippen molar-refractivity contribution < 1.29 is 9.53 Å². The van der Waals surface area contributed by atoms with E-state index in [0.717, 1.165) is 31.5 Å². The van der Waals surface area contributed by atoms with E-state index in [1.54, 1.807) is 24.3 Å². The number of nitrogens with zero attached hydrogens (tertiary/aromatic N) is 2. The van der Waals surface area contributed by atoms with E-state index in [1.165, 1.54) is 0 Å². The minimum absolute atomic E-state index is 0.00180. The predicted octanol–water partition coefficient (Wildman–Crippen LogP) is 3.30. The summed E-state index contributed by atoms with van der Waals surface area (Å²) in [5, 5.41) is 8.87. The molecule has 0 spiro atoms. The van der Waals surface area contributed by atoms with Crippen molar-refractivity contribution in [3.05, 3.63) is 65.7 Å². The molecule has 0 aliphatic carbocycles. The van der Waals surface area contributed by atoms with E-state index in [1.807, 2.05) is 35.2 Å². The summed E-state index contributed by atoms with van der Waals surface area (Å²) in [6.07, 6.45) is 1.44. The number of rotatable bonds is 4. The number of carbonyl (C=O) groups excluding carboxylic acids is 1. The zero-order valence-electron chi connectivity index (χ0n) is 12.8. The standard InChI is InChI=1S/C19H18N2O2/c20-14-15-8-10-17(11-9-15)23-18(16-6-2-1-3-7-16)19(22)21-12-4-5-13-21/h1-3,6-11,18H,4-5,12-13H2/t18-/m1/s1. The van der Waals surface area contributed by atoms with Crippen molar-refractivity contribution in [1.29, 1.82) is 5.26 Å². The molecule has 0 radical (unpaired) electrons. The van der Waals surface area contributed by atoms with Crippen molar-refractivity contribution in [1.82, 2.24) is 4.90 Å². The van der Waals surface area contributed by atoms with E-state index in [4.69, 9.17) is 10.00 Å². The van der Waals surface area contributed by atoms with Crippen LogP contribution in [-0.4, -0.2) is 23.9 Å². The number of hydrogen-bond acceptors (Lipinski definition) is 3. The van der Waals surface area contributed by atoms with E-state index in [0.29, 0.717) is 11.3 Å². The van der Waals surface area contributed by atoms with Crippen LogP contribution in [-0.2, 0) is 4.79 Å². The van der Waals surface area contributed by atoms with E-state index in [9.17, 15) is 4.79 Å². The van der Waals surface area contributed by atoms with E-state index >= 15 is 0 Å². The van der Waals surface area contributed by atoms with Crippen LogP contribution in [0.1, 0.15) is 30.1 Å². The molecule has 116 valence electrons. The maximum Gasteiger partial charge on any atom is 0.268 e. The molecule has 1 atom stereocenters. The van der Waals surface area contributed by atoms with Gasteiger partial charge in [0.15, 0.2) is 0 Å². The Morgan fingerprint density at radius 2 is 1.70 bits per heavy atom. The lowest BCUT2D eigenvalue weighted by Crippen LogP contribution is -2.35. The van der Waals surface area contributed by atoms with Crippen molar-refractivity contribution in [3.63, 3.8) is 0 Å². The number of benzene rings is 2. The van der Waals surface area contributed by atoms with Crippen molar-refractivity contribution >= 4 is 5.91 Å². The average molecular weight is 306 g/mol. The third kappa shape index (κ3) is 3.51. The second-order valence-corrected chi connectivity index (χ2v) is 5.58. The van der Waals surface area contributed by atoms with Gasteiger partial charge in [-0.05, 0) is 37.1 Å². The molecule has 3 rings (SSSR count). The van der Waals surface area contributed by atoms with Gasteiger partial charge in [-0.15, -0.1) is 0 Å². The first-order valence-electron chi connectivity index (χ1n) is 7.78. The molecule has 1 fully saturated rings. The highest BCUT2D eigenvalue weighted by Crippen LogP contribution is 2.25. The van der Waals surface area contributed by atoms with Gasteiger partial charge >= 0.3 is 0 Å². The molecule has 2 aromatic rings. The summed E-state index contributed by atoms with van der Waals surface area (Å²) in [6, 6.07) is 18.5. The SMILES string of the molecule is N#Cc1ccc(O[C@@H](C(=O)N2CCCC2)c2ccccc2)cc1. The topological polar surface area (TPSA) is 53.3 Å². The molecular formula is C19H18N2O2. The number of likely N-dealkylation sites (tertiary alicyclic amines) is 1. The van der Waals surface area contributed by atoms with Crippen molar-refractivity contribution in [3.8, 4) is 11.8 Å². The summed E-state index contributed by atoms with van der Waals surface area (Å²) in [5.41, 5.74) is 1.41. The van der Waals surface area contributed by atoms with E-state index in [-0.39, 0.29) is 5.91 Å². The second-order valence-electron chi connectivity index (χ2n) is 5.58. The maximum atomic E-state index is 12.8. The molecule has 1 amide bonds. The molecule has 4 nitrogen and oxygen atoms in total. The monoisotopic (exact) mass is 306 g/mol. The third-order valence-corrected chi connectivity index (χ3v) is 3.98. The number of nitriles is 1. The normalized spacial score (nSPS) is 15.0. The van der Waals surface area contributed by atoms with Crippen LogP contribution in [0.2, 0.25) is 0 Å². The molecule has 1 saturated heterocycles. The van der Waals surface area contributed by atoms with Gasteiger partial charge in [0.05, 0.1) is 11.6 Å². The Balaban J connectivity index is 1.85. The van der Waals surface area contributed by atoms with Gasteiger partial charge in [0.2, 0.25) is 6.10 Å². The third-order valence-electron chi connectivity index (χ3n) is 3.98. The van der Waals surface area contributed by atoms with Crippen LogP contribution in [0.15, 0.2) is 54.6 Å². The molecule has 1 aliphatic rings. The molecule has 0 aromatic heterocycles. The predicted molar refractivity (Wildman–Crippen MR) is 86.8 cm³/mol. The fraction of sp³-hybridized carbons (Fsp3) is 0.263. The number of hydrogen-bond donors (Lipinski definition) is 0. The first kappa shape index (κ1) is 15.1. The molecule has 0 unspecified atom stereocenters. The van der Waals surface area contributed by atoms with Gasteiger partial charge < -0.3 is 9.64 Å². The van der Waals surface area contributed by atoms with Crippen LogP contribution in [0.3, 0.4) is 0 Å². The zero-order valence-corrected chi connectivity index (χ0v) is 12.8. The molecule has 0 N–H and O–H groups in total. The Labute approximate surface area is 135 Å². The van der Waals surface area contributed by atoms with Gasteiger partial charge in [0.1, 0.15) is 5.75 Å². The average Bonchev–Trinajstić information content (AvgIpc) is 3.15. The highest BCUT2D eigenvalue weighted by molar-refractivity contribution is 5.83. The minimum Gasteiger partial charge on any atom is -0.476 e. The van der Waals surface area contributed by atoms with E-state index < -0.39 is 6.10 Å². The number of amides is 1. The number of carbonyl (C=O) groups is 1. The van der Waals surface area contributed by atoms with Crippen LogP contribution in [0, 0.1) is 11.3 Å². The molecule has 0 bridgehead atoms. The molecule has 4 heteroatoms. The zero-order chi connectivity index (χ0) is 16.1. The quantitative estimate of drug-likeness (QED) is 0.871. The summed E-state index contributed by atoms with van der Waals surface area (Å²) in [5.74, 6) is 0.587. The smallest absolute Gasteiger partial charge is 0.268 e. The Kier molecular flexibility index (Phi) is 4.58. The van der Waals surface area contributed by atoms with Gasteiger partial charge in [0, 0.05) is 18.7 Å². The molecule has 23 heavy (non-hydrogen) atoms. The molecule has 0 saturated carbocycles. The van der Waals surface area contributed by atoms with Crippen LogP contribution in [0.25, 0.3) is 0 Å². The Morgan fingerprint density at radius 1 is 1.04 bits per heavy atom. The largest absolute Gasteiger partial charge is 0.476 e. The van der Waals surface area contributed by atoms with E-state index in [2.05, 4.69) is 6.07 Å². The summed E-state index contributed by atoms with van der Waals surface area (Å²) in [7, 11) is 0. The van der Waals surface area contributed by atoms with Crippen LogP contribution in [0.4, 0.5) is 0 Å².